The molecule has 48 valence electrons. The van der Waals surface area contributed by atoms with Gasteiger partial charge in [0.1, 0.15) is 6.10 Å². The molecule has 4 nitrogen and oxygen atoms in total. The van der Waals surface area contributed by atoms with Gasteiger partial charge in [-0.05, 0) is 6.92 Å². The van der Waals surface area contributed by atoms with E-state index in [2.05, 4.69) is 0 Å². The van der Waals surface area contributed by atoms with Crippen LogP contribution in [-0.2, 0) is 0 Å². The molecule has 0 radical (unpaired) electrons. The molecule has 4 heteroatoms. The summed E-state index contributed by atoms with van der Waals surface area (Å²) in [6.45, 7) is 2.76. The van der Waals surface area contributed by atoms with Gasteiger partial charge in [-0.25, -0.2) is 0 Å². The lowest BCUT2D eigenvalue weighted by Gasteiger charge is -2.03. The summed E-state index contributed by atoms with van der Waals surface area (Å²) in [5.41, 5.74) is 0. The molecule has 0 bridgehead atoms. The van der Waals surface area contributed by atoms with Gasteiger partial charge in [-0.2, -0.15) is 0 Å². The van der Waals surface area contributed by atoms with Gasteiger partial charge < -0.3 is 5.11 Å². The number of rotatable bonds is 2. The average molecular weight is 119 g/mol. The number of nitrogens with zero attached hydrogens (tertiary/aromatic N) is 1. The fourth-order valence-electron chi connectivity index (χ4n) is 0.176. The SMILES string of the molecule is CC([C@H](C)O)[N+](=O)[O-]. The lowest BCUT2D eigenvalue weighted by molar-refractivity contribution is -0.528. The first-order chi connectivity index (χ1) is 3.55. The number of hydrogen-bond donors (Lipinski definition) is 1. The van der Waals surface area contributed by atoms with Crippen LogP contribution in [0.3, 0.4) is 0 Å². The zero-order valence-corrected chi connectivity index (χ0v) is 4.87. The van der Waals surface area contributed by atoms with Crippen LogP contribution in [0.4, 0.5) is 0 Å². The van der Waals surface area contributed by atoms with E-state index in [0.717, 1.165) is 0 Å². The number of aliphatic hydroxyl groups is 1. The van der Waals surface area contributed by atoms with Crippen molar-refractivity contribution in [3.05, 3.63) is 10.1 Å². The molecule has 0 spiro atoms. The van der Waals surface area contributed by atoms with Crippen LogP contribution in [0.2, 0.25) is 0 Å². The summed E-state index contributed by atoms with van der Waals surface area (Å²) < 4.78 is 0. The zero-order valence-electron chi connectivity index (χ0n) is 4.87. The summed E-state index contributed by atoms with van der Waals surface area (Å²) in [7, 11) is 0. The third kappa shape index (κ3) is 1.88. The van der Waals surface area contributed by atoms with Crippen LogP contribution in [0.15, 0.2) is 0 Å². The Labute approximate surface area is 47.3 Å². The van der Waals surface area contributed by atoms with Gasteiger partial charge in [0.05, 0.1) is 0 Å². The van der Waals surface area contributed by atoms with Crippen molar-refractivity contribution in [3.8, 4) is 0 Å². The predicted molar refractivity (Wildman–Crippen MR) is 28.1 cm³/mol. The number of hydrogen-bond acceptors (Lipinski definition) is 3. The van der Waals surface area contributed by atoms with E-state index >= 15 is 0 Å². The topological polar surface area (TPSA) is 63.4 Å². The fourth-order valence-corrected chi connectivity index (χ4v) is 0.176. The smallest absolute Gasteiger partial charge is 0.235 e. The number of nitro groups is 1. The Balaban J connectivity index is 3.64. The number of aliphatic hydroxyl groups excluding tert-OH is 1. The van der Waals surface area contributed by atoms with Crippen LogP contribution >= 0.6 is 0 Å². The quantitative estimate of drug-likeness (QED) is 0.412. The van der Waals surface area contributed by atoms with Crippen LogP contribution < -0.4 is 0 Å². The van der Waals surface area contributed by atoms with E-state index in [-0.39, 0.29) is 0 Å². The van der Waals surface area contributed by atoms with Gasteiger partial charge in [0.15, 0.2) is 0 Å². The Morgan fingerprint density at radius 1 is 1.62 bits per heavy atom. The molecular weight excluding hydrogens is 110 g/mol. The molecule has 1 N–H and O–H groups in total. The lowest BCUT2D eigenvalue weighted by atomic mass is 10.2. The second-order valence-electron chi connectivity index (χ2n) is 1.77. The highest BCUT2D eigenvalue weighted by Crippen LogP contribution is 1.93. The Hall–Kier alpha value is -0.640. The molecule has 2 atom stereocenters. The minimum Gasteiger partial charge on any atom is -0.386 e. The second kappa shape index (κ2) is 2.61. The first-order valence-corrected chi connectivity index (χ1v) is 2.37. The Kier molecular flexibility index (Phi) is 2.41. The van der Waals surface area contributed by atoms with Gasteiger partial charge >= 0.3 is 0 Å². The summed E-state index contributed by atoms with van der Waals surface area (Å²) in [6, 6.07) is -0.852. The van der Waals surface area contributed by atoms with Crippen LogP contribution in [0.1, 0.15) is 13.8 Å². The van der Waals surface area contributed by atoms with E-state index in [1.807, 2.05) is 0 Å². The summed E-state index contributed by atoms with van der Waals surface area (Å²) in [5, 5.41) is 18.3. The van der Waals surface area contributed by atoms with Gasteiger partial charge in [-0.15, -0.1) is 0 Å². The molecular formula is C4H9NO3. The Morgan fingerprint density at radius 3 is 2.00 bits per heavy atom. The van der Waals surface area contributed by atoms with Gasteiger partial charge in [0.2, 0.25) is 6.04 Å². The summed E-state index contributed by atoms with van der Waals surface area (Å²) >= 11 is 0. The summed E-state index contributed by atoms with van der Waals surface area (Å²) in [5.74, 6) is 0. The normalized spacial score (nSPS) is 17.4. The molecule has 0 saturated carbocycles. The predicted octanol–water partition coefficient (Wildman–Crippen LogP) is 0.0324. The van der Waals surface area contributed by atoms with Crippen LogP contribution in [0, 0.1) is 10.1 Å². The zero-order chi connectivity index (χ0) is 6.73. The second-order valence-corrected chi connectivity index (χ2v) is 1.77. The molecule has 0 aromatic rings. The minimum atomic E-state index is -0.856. The van der Waals surface area contributed by atoms with Crippen molar-refractivity contribution in [2.75, 3.05) is 0 Å². The molecule has 0 rings (SSSR count). The average Bonchev–Trinajstić information content (AvgIpc) is 1.64. The van der Waals surface area contributed by atoms with E-state index in [1.165, 1.54) is 13.8 Å². The minimum absolute atomic E-state index is 0.509. The van der Waals surface area contributed by atoms with Crippen LogP contribution in [-0.4, -0.2) is 22.2 Å². The first kappa shape index (κ1) is 7.36. The third-order valence-corrected chi connectivity index (χ3v) is 1.03. The Morgan fingerprint density at radius 2 is 2.00 bits per heavy atom. The van der Waals surface area contributed by atoms with Crippen LogP contribution in [0.25, 0.3) is 0 Å². The molecule has 0 amide bonds. The molecule has 1 unspecified atom stereocenters. The molecule has 0 aromatic heterocycles. The van der Waals surface area contributed by atoms with Gasteiger partial charge in [0.25, 0.3) is 0 Å². The van der Waals surface area contributed by atoms with Crippen LogP contribution in [0.5, 0.6) is 0 Å². The molecule has 0 fully saturated rings. The highest BCUT2D eigenvalue weighted by Gasteiger charge is 2.18. The molecule has 0 saturated heterocycles. The van der Waals surface area contributed by atoms with Gasteiger partial charge in [-0.3, -0.25) is 10.1 Å². The molecule has 0 aliphatic carbocycles. The highest BCUT2D eigenvalue weighted by atomic mass is 16.6. The van der Waals surface area contributed by atoms with Crippen molar-refractivity contribution >= 4 is 0 Å². The van der Waals surface area contributed by atoms with Crippen molar-refractivity contribution in [1.29, 1.82) is 0 Å². The fraction of sp³-hybridized carbons (Fsp3) is 1.00. The standard InChI is InChI=1S/C4H9NO3/c1-3(4(2)6)5(7)8/h3-4,6H,1-2H3/t3?,4-/m0/s1. The third-order valence-electron chi connectivity index (χ3n) is 1.03. The van der Waals surface area contributed by atoms with Crippen molar-refractivity contribution in [1.82, 2.24) is 0 Å². The molecule has 0 heterocycles. The van der Waals surface area contributed by atoms with E-state index in [9.17, 15) is 10.1 Å². The van der Waals surface area contributed by atoms with Crippen molar-refractivity contribution in [2.45, 2.75) is 26.0 Å². The summed E-state index contributed by atoms with van der Waals surface area (Å²) in [6.07, 6.45) is -0.856. The maximum Gasteiger partial charge on any atom is 0.235 e. The van der Waals surface area contributed by atoms with Crippen molar-refractivity contribution < 1.29 is 10.0 Å². The van der Waals surface area contributed by atoms with E-state index in [1.54, 1.807) is 0 Å². The molecule has 0 aromatic carbocycles. The van der Waals surface area contributed by atoms with Gasteiger partial charge in [0, 0.05) is 11.8 Å². The largest absolute Gasteiger partial charge is 0.386 e. The van der Waals surface area contributed by atoms with E-state index < -0.39 is 17.1 Å². The lowest BCUT2D eigenvalue weighted by Crippen LogP contribution is -2.27. The van der Waals surface area contributed by atoms with Gasteiger partial charge in [-0.1, -0.05) is 0 Å². The van der Waals surface area contributed by atoms with E-state index in [4.69, 9.17) is 5.11 Å². The van der Waals surface area contributed by atoms with Crippen molar-refractivity contribution in [2.24, 2.45) is 0 Å². The molecule has 0 aliphatic rings. The molecule has 0 aliphatic heterocycles. The van der Waals surface area contributed by atoms with Crippen molar-refractivity contribution in [3.63, 3.8) is 0 Å². The maximum atomic E-state index is 9.79. The maximum absolute atomic E-state index is 9.79. The monoisotopic (exact) mass is 119 g/mol. The highest BCUT2D eigenvalue weighted by molar-refractivity contribution is 4.53. The molecule has 8 heavy (non-hydrogen) atoms. The Bertz CT molecular complexity index is 91.3. The van der Waals surface area contributed by atoms with E-state index in [0.29, 0.717) is 0 Å². The summed E-state index contributed by atoms with van der Waals surface area (Å²) in [4.78, 5) is 9.28. The first-order valence-electron chi connectivity index (χ1n) is 2.37.